The number of sulfone groups is 1. The summed E-state index contributed by atoms with van der Waals surface area (Å²) < 4.78 is 22.3. The Morgan fingerprint density at radius 1 is 1.38 bits per heavy atom. The van der Waals surface area contributed by atoms with Crippen molar-refractivity contribution >= 4 is 9.84 Å². The van der Waals surface area contributed by atoms with E-state index >= 15 is 0 Å². The summed E-state index contributed by atoms with van der Waals surface area (Å²) in [6.07, 6.45) is 2.70. The average molecular weight is 199 g/mol. The lowest BCUT2D eigenvalue weighted by atomic mass is 10.1. The Labute approximate surface area is 78.7 Å². The van der Waals surface area contributed by atoms with Crippen LogP contribution in [0.1, 0.15) is 25.3 Å². The fourth-order valence-electron chi connectivity index (χ4n) is 0.987. The maximum absolute atomic E-state index is 11.1. The van der Waals surface area contributed by atoms with Crippen molar-refractivity contribution in [2.45, 2.75) is 24.8 Å². The molecule has 13 heavy (non-hydrogen) atoms. The largest absolute Gasteiger partial charge is 0.245 e. The zero-order valence-electron chi connectivity index (χ0n) is 7.98. The molecule has 0 aromatic carbocycles. The monoisotopic (exact) mass is 199 g/mol. The van der Waals surface area contributed by atoms with Gasteiger partial charge in [-0.2, -0.15) is 0 Å². The summed E-state index contributed by atoms with van der Waals surface area (Å²) >= 11 is 0. The first-order valence-electron chi connectivity index (χ1n) is 4.07. The van der Waals surface area contributed by atoms with E-state index in [1.165, 1.54) is 12.5 Å². The Kier molecular flexibility index (Phi) is 2.71. The van der Waals surface area contributed by atoms with Gasteiger partial charge in [-0.15, -0.1) is 0 Å². The molecule has 0 aliphatic heterocycles. The fraction of sp³-hybridized carbons (Fsp3) is 0.444. The van der Waals surface area contributed by atoms with Crippen molar-refractivity contribution in [1.82, 2.24) is 4.98 Å². The molecule has 1 heterocycles. The van der Waals surface area contributed by atoms with Gasteiger partial charge in [0.2, 0.25) is 0 Å². The highest BCUT2D eigenvalue weighted by Gasteiger charge is 2.09. The molecule has 1 rings (SSSR count). The Balaban J connectivity index is 3.21. The van der Waals surface area contributed by atoms with Gasteiger partial charge < -0.3 is 0 Å². The highest BCUT2D eigenvalue weighted by atomic mass is 32.2. The zero-order valence-corrected chi connectivity index (χ0v) is 8.80. The predicted molar refractivity (Wildman–Crippen MR) is 51.4 cm³/mol. The van der Waals surface area contributed by atoms with E-state index in [9.17, 15) is 8.42 Å². The van der Waals surface area contributed by atoms with Gasteiger partial charge in [0.25, 0.3) is 0 Å². The molecule has 4 heteroatoms. The van der Waals surface area contributed by atoms with Crippen molar-refractivity contribution in [1.29, 1.82) is 0 Å². The number of hydrogen-bond acceptors (Lipinski definition) is 3. The maximum Gasteiger partial charge on any atom is 0.192 e. The minimum absolute atomic E-state index is 0.152. The van der Waals surface area contributed by atoms with Crippen molar-refractivity contribution in [2.24, 2.45) is 0 Å². The second-order valence-electron chi connectivity index (χ2n) is 3.35. The summed E-state index contributed by atoms with van der Waals surface area (Å²) in [7, 11) is -3.17. The Morgan fingerprint density at radius 2 is 2.00 bits per heavy atom. The smallest absolute Gasteiger partial charge is 0.192 e. The molecule has 0 saturated heterocycles. The van der Waals surface area contributed by atoms with Crippen molar-refractivity contribution in [3.63, 3.8) is 0 Å². The number of aromatic nitrogens is 1. The summed E-state index contributed by atoms with van der Waals surface area (Å²) in [6.45, 7) is 4.03. The maximum atomic E-state index is 11.1. The van der Waals surface area contributed by atoms with E-state index < -0.39 is 9.84 Å². The van der Waals surface area contributed by atoms with Crippen LogP contribution in [0.3, 0.4) is 0 Å². The molecule has 1 aromatic heterocycles. The van der Waals surface area contributed by atoms with E-state index in [1.807, 2.05) is 19.9 Å². The minimum Gasteiger partial charge on any atom is -0.245 e. The van der Waals surface area contributed by atoms with Gasteiger partial charge >= 0.3 is 0 Å². The van der Waals surface area contributed by atoms with Crippen LogP contribution in [-0.4, -0.2) is 19.7 Å². The first-order chi connectivity index (χ1) is 5.91. The van der Waals surface area contributed by atoms with Crippen molar-refractivity contribution in [3.8, 4) is 0 Å². The quantitative estimate of drug-likeness (QED) is 0.727. The van der Waals surface area contributed by atoms with Gasteiger partial charge in [-0.3, -0.25) is 0 Å². The Bertz CT molecular complexity index is 396. The van der Waals surface area contributed by atoms with Gasteiger partial charge in [0.15, 0.2) is 14.9 Å². The highest BCUT2D eigenvalue weighted by molar-refractivity contribution is 7.90. The number of rotatable bonds is 2. The standard InChI is InChI=1S/C9H13NO2S/c1-7(2)8-4-5-10-9(6-8)13(3,11)12/h4-7H,1-3H3. The van der Waals surface area contributed by atoms with Crippen molar-refractivity contribution in [3.05, 3.63) is 23.9 Å². The van der Waals surface area contributed by atoms with Crippen LogP contribution in [0.4, 0.5) is 0 Å². The van der Waals surface area contributed by atoms with Crippen LogP contribution in [0.15, 0.2) is 23.4 Å². The summed E-state index contributed by atoms with van der Waals surface area (Å²) in [5.41, 5.74) is 0.996. The molecule has 0 bridgehead atoms. The van der Waals surface area contributed by atoms with Crippen LogP contribution in [0.5, 0.6) is 0 Å². The normalized spacial score (nSPS) is 12.0. The third-order valence-electron chi connectivity index (χ3n) is 1.81. The van der Waals surface area contributed by atoms with Crippen molar-refractivity contribution < 1.29 is 8.42 Å². The van der Waals surface area contributed by atoms with Crippen LogP contribution < -0.4 is 0 Å². The van der Waals surface area contributed by atoms with Crippen LogP contribution in [-0.2, 0) is 9.84 Å². The SMILES string of the molecule is CC(C)c1ccnc(S(C)(=O)=O)c1. The molecular weight excluding hydrogens is 186 g/mol. The molecule has 0 unspecified atom stereocenters. The third-order valence-corrected chi connectivity index (χ3v) is 2.79. The lowest BCUT2D eigenvalue weighted by molar-refractivity contribution is 0.598. The minimum atomic E-state index is -3.17. The molecule has 0 radical (unpaired) electrons. The van der Waals surface area contributed by atoms with Crippen LogP contribution >= 0.6 is 0 Å². The summed E-state index contributed by atoms with van der Waals surface area (Å²) in [6, 6.07) is 3.46. The Morgan fingerprint density at radius 3 is 2.46 bits per heavy atom. The second-order valence-corrected chi connectivity index (χ2v) is 5.32. The van der Waals surface area contributed by atoms with Crippen LogP contribution in [0.25, 0.3) is 0 Å². The molecule has 0 aliphatic carbocycles. The third kappa shape index (κ3) is 2.52. The highest BCUT2D eigenvalue weighted by Crippen LogP contribution is 2.16. The van der Waals surface area contributed by atoms with E-state index in [4.69, 9.17) is 0 Å². The predicted octanol–water partition coefficient (Wildman–Crippen LogP) is 1.61. The first-order valence-corrected chi connectivity index (χ1v) is 5.96. The van der Waals surface area contributed by atoms with Gasteiger partial charge in [-0.25, -0.2) is 13.4 Å². The zero-order chi connectivity index (χ0) is 10.1. The Hall–Kier alpha value is -0.900. The average Bonchev–Trinajstić information content (AvgIpc) is 2.03. The van der Waals surface area contributed by atoms with E-state index in [0.29, 0.717) is 5.92 Å². The summed E-state index contributed by atoms with van der Waals surface area (Å²) in [5.74, 6) is 0.323. The summed E-state index contributed by atoms with van der Waals surface area (Å²) in [5, 5.41) is 0.152. The molecule has 0 aliphatic rings. The molecule has 0 saturated carbocycles. The molecule has 0 fully saturated rings. The number of hydrogen-bond donors (Lipinski definition) is 0. The van der Waals surface area contributed by atoms with Gasteiger partial charge in [0.05, 0.1) is 0 Å². The van der Waals surface area contributed by atoms with Gasteiger partial charge in [0.1, 0.15) is 0 Å². The topological polar surface area (TPSA) is 47.0 Å². The molecule has 0 atom stereocenters. The van der Waals surface area contributed by atoms with E-state index in [0.717, 1.165) is 5.56 Å². The molecule has 0 N–H and O–H groups in total. The summed E-state index contributed by atoms with van der Waals surface area (Å²) in [4.78, 5) is 3.81. The number of nitrogens with zero attached hydrogens (tertiary/aromatic N) is 1. The second kappa shape index (κ2) is 3.46. The molecular formula is C9H13NO2S. The van der Waals surface area contributed by atoms with Gasteiger partial charge in [0, 0.05) is 12.5 Å². The molecule has 1 aromatic rings. The molecule has 0 amide bonds. The van der Waals surface area contributed by atoms with Crippen LogP contribution in [0, 0.1) is 0 Å². The van der Waals surface area contributed by atoms with E-state index in [2.05, 4.69) is 4.98 Å². The molecule has 3 nitrogen and oxygen atoms in total. The first kappa shape index (κ1) is 10.2. The molecule has 0 spiro atoms. The van der Waals surface area contributed by atoms with Gasteiger partial charge in [-0.05, 0) is 23.6 Å². The van der Waals surface area contributed by atoms with E-state index in [-0.39, 0.29) is 5.03 Å². The van der Waals surface area contributed by atoms with Crippen molar-refractivity contribution in [2.75, 3.05) is 6.26 Å². The lowest BCUT2D eigenvalue weighted by Gasteiger charge is -2.05. The lowest BCUT2D eigenvalue weighted by Crippen LogP contribution is -2.01. The van der Waals surface area contributed by atoms with Crippen LogP contribution in [0.2, 0.25) is 0 Å². The van der Waals surface area contributed by atoms with Gasteiger partial charge in [-0.1, -0.05) is 13.8 Å². The number of pyridine rings is 1. The molecule has 72 valence electrons. The fourth-order valence-corrected chi connectivity index (χ4v) is 1.59. The van der Waals surface area contributed by atoms with E-state index in [1.54, 1.807) is 6.07 Å².